The summed E-state index contributed by atoms with van der Waals surface area (Å²) in [6.45, 7) is 1.38. The molecule has 1 aromatic heterocycles. The fraction of sp³-hybridized carbons (Fsp3) is 0.429. The molecule has 6 heteroatoms. The van der Waals surface area contributed by atoms with Crippen molar-refractivity contribution in [3.05, 3.63) is 52.8 Å². The first-order chi connectivity index (χ1) is 13.0. The average Bonchev–Trinajstić information content (AvgIpc) is 3.04. The Kier molecular flexibility index (Phi) is 4.31. The Morgan fingerprint density at radius 1 is 1.30 bits per heavy atom. The van der Waals surface area contributed by atoms with E-state index in [1.807, 2.05) is 36.2 Å². The molecule has 1 saturated heterocycles. The number of nitriles is 1. The number of aromatic nitrogens is 2. The molecule has 1 fully saturated rings. The van der Waals surface area contributed by atoms with Crippen molar-refractivity contribution < 1.29 is 4.79 Å². The van der Waals surface area contributed by atoms with Crippen molar-refractivity contribution in [2.75, 3.05) is 32.1 Å². The summed E-state index contributed by atoms with van der Waals surface area (Å²) in [4.78, 5) is 26.3. The maximum Gasteiger partial charge on any atom is 0.255 e. The molecule has 1 spiro atoms. The summed E-state index contributed by atoms with van der Waals surface area (Å²) in [5, 5.41) is 9.34. The second-order valence-electron chi connectivity index (χ2n) is 7.71. The first-order valence-corrected chi connectivity index (χ1v) is 9.36. The van der Waals surface area contributed by atoms with E-state index in [9.17, 15) is 10.1 Å². The molecule has 27 heavy (non-hydrogen) atoms. The smallest absolute Gasteiger partial charge is 0.255 e. The lowest BCUT2D eigenvalue weighted by molar-refractivity contribution is 0.0633. The van der Waals surface area contributed by atoms with Gasteiger partial charge in [0.15, 0.2) is 0 Å². The van der Waals surface area contributed by atoms with Crippen LogP contribution in [0, 0.1) is 11.3 Å². The van der Waals surface area contributed by atoms with E-state index in [0.717, 1.165) is 37.9 Å². The number of aryl methyl sites for hydroxylation is 1. The number of nitrogens with zero attached hydrogens (tertiary/aromatic N) is 5. The Labute approximate surface area is 159 Å². The molecule has 2 heterocycles. The Balaban J connectivity index is 1.66. The van der Waals surface area contributed by atoms with E-state index in [2.05, 4.69) is 11.1 Å². The van der Waals surface area contributed by atoms with Gasteiger partial charge in [0.1, 0.15) is 0 Å². The van der Waals surface area contributed by atoms with Gasteiger partial charge in [-0.2, -0.15) is 5.26 Å². The van der Waals surface area contributed by atoms with Gasteiger partial charge in [0.05, 0.1) is 22.9 Å². The number of rotatable bonds is 2. The highest BCUT2D eigenvalue weighted by molar-refractivity contribution is 5.96. The topological polar surface area (TPSA) is 73.1 Å². The summed E-state index contributed by atoms with van der Waals surface area (Å²) in [6, 6.07) is 9.19. The number of anilines is 1. The van der Waals surface area contributed by atoms with Crippen LogP contribution >= 0.6 is 0 Å². The molecule has 1 atom stereocenters. The van der Waals surface area contributed by atoms with Crippen LogP contribution in [0.1, 0.15) is 46.4 Å². The molecule has 6 nitrogen and oxygen atoms in total. The second kappa shape index (κ2) is 6.66. The molecule has 4 rings (SSSR count). The zero-order chi connectivity index (χ0) is 19.0. The van der Waals surface area contributed by atoms with Crippen LogP contribution in [-0.2, 0) is 11.8 Å². The van der Waals surface area contributed by atoms with Gasteiger partial charge in [-0.25, -0.2) is 9.97 Å². The van der Waals surface area contributed by atoms with Crippen molar-refractivity contribution in [2.24, 2.45) is 0 Å². The molecule has 0 N–H and O–H groups in total. The fourth-order valence-corrected chi connectivity index (χ4v) is 4.39. The Bertz CT molecular complexity index is 928. The normalized spacial score (nSPS) is 21.0. The van der Waals surface area contributed by atoms with Crippen LogP contribution < -0.4 is 4.90 Å². The SMILES string of the molecule is CN(C)c1ncc2c(n1)C1(CCCN(C(=O)c3ccccc3C#N)C1)CC2. The van der Waals surface area contributed by atoms with Gasteiger partial charge in [-0.1, -0.05) is 12.1 Å². The Hall–Kier alpha value is -2.94. The molecule has 1 amide bonds. The number of fused-ring (bicyclic) bond motifs is 2. The van der Waals surface area contributed by atoms with Crippen LogP contribution in [0.3, 0.4) is 0 Å². The number of carbonyl (C=O) groups excluding carboxylic acids is 1. The Morgan fingerprint density at radius 2 is 2.11 bits per heavy atom. The predicted octanol–water partition coefficient (Wildman–Crippen LogP) is 2.53. The third-order valence-corrected chi connectivity index (χ3v) is 5.77. The summed E-state index contributed by atoms with van der Waals surface area (Å²) in [7, 11) is 3.89. The molecule has 1 unspecified atom stereocenters. The molecule has 0 radical (unpaired) electrons. The number of amides is 1. The summed E-state index contributed by atoms with van der Waals surface area (Å²) < 4.78 is 0. The molecule has 138 valence electrons. The number of benzene rings is 1. The van der Waals surface area contributed by atoms with Crippen LogP contribution in [0.15, 0.2) is 30.5 Å². The third kappa shape index (κ3) is 2.93. The van der Waals surface area contributed by atoms with Gasteiger partial charge in [0.25, 0.3) is 5.91 Å². The molecule has 0 bridgehead atoms. The molecule has 1 aromatic carbocycles. The van der Waals surface area contributed by atoms with E-state index in [0.29, 0.717) is 23.6 Å². The van der Waals surface area contributed by atoms with E-state index in [4.69, 9.17) is 4.98 Å². The van der Waals surface area contributed by atoms with Crippen LogP contribution in [0.2, 0.25) is 0 Å². The number of likely N-dealkylation sites (tertiary alicyclic amines) is 1. The highest BCUT2D eigenvalue weighted by atomic mass is 16.2. The van der Waals surface area contributed by atoms with Crippen LogP contribution in [-0.4, -0.2) is 48.0 Å². The summed E-state index contributed by atoms with van der Waals surface area (Å²) in [5.74, 6) is 0.662. The highest BCUT2D eigenvalue weighted by Gasteiger charge is 2.45. The lowest BCUT2D eigenvalue weighted by Gasteiger charge is -2.40. The zero-order valence-corrected chi connectivity index (χ0v) is 15.8. The first kappa shape index (κ1) is 17.5. The molecule has 1 aliphatic carbocycles. The summed E-state index contributed by atoms with van der Waals surface area (Å²) in [6.07, 6.45) is 5.88. The van der Waals surface area contributed by atoms with E-state index in [-0.39, 0.29) is 11.3 Å². The van der Waals surface area contributed by atoms with Crippen molar-refractivity contribution in [3.63, 3.8) is 0 Å². The predicted molar refractivity (Wildman–Crippen MR) is 103 cm³/mol. The summed E-state index contributed by atoms with van der Waals surface area (Å²) >= 11 is 0. The summed E-state index contributed by atoms with van der Waals surface area (Å²) in [5.41, 5.74) is 3.14. The molecular weight excluding hydrogens is 338 g/mol. The molecule has 0 saturated carbocycles. The van der Waals surface area contributed by atoms with Gasteiger partial charge < -0.3 is 9.80 Å². The van der Waals surface area contributed by atoms with Crippen molar-refractivity contribution in [1.82, 2.24) is 14.9 Å². The minimum atomic E-state index is -0.0987. The van der Waals surface area contributed by atoms with E-state index < -0.39 is 0 Å². The quantitative estimate of drug-likeness (QED) is 0.822. The van der Waals surface area contributed by atoms with Crippen molar-refractivity contribution >= 4 is 11.9 Å². The van der Waals surface area contributed by atoms with Gasteiger partial charge in [-0.3, -0.25) is 4.79 Å². The van der Waals surface area contributed by atoms with Gasteiger partial charge in [0, 0.05) is 38.8 Å². The monoisotopic (exact) mass is 361 g/mol. The maximum atomic E-state index is 13.1. The van der Waals surface area contributed by atoms with Crippen molar-refractivity contribution in [2.45, 2.75) is 31.1 Å². The minimum absolute atomic E-state index is 0.0541. The maximum absolute atomic E-state index is 13.1. The van der Waals surface area contributed by atoms with Crippen LogP contribution in [0.25, 0.3) is 0 Å². The minimum Gasteiger partial charge on any atom is -0.347 e. The number of hydrogen-bond donors (Lipinski definition) is 0. The van der Waals surface area contributed by atoms with Crippen molar-refractivity contribution in [3.8, 4) is 6.07 Å². The molecule has 1 aliphatic heterocycles. The van der Waals surface area contributed by atoms with Gasteiger partial charge in [0.2, 0.25) is 5.95 Å². The number of piperidine rings is 1. The molecular formula is C21H23N5O. The van der Waals surface area contributed by atoms with Crippen LogP contribution in [0.5, 0.6) is 0 Å². The van der Waals surface area contributed by atoms with Gasteiger partial charge in [-0.15, -0.1) is 0 Å². The van der Waals surface area contributed by atoms with Gasteiger partial charge in [-0.05, 0) is 43.4 Å². The Morgan fingerprint density at radius 3 is 2.89 bits per heavy atom. The number of hydrogen-bond acceptors (Lipinski definition) is 5. The molecule has 2 aromatic rings. The zero-order valence-electron chi connectivity index (χ0n) is 15.8. The fourth-order valence-electron chi connectivity index (χ4n) is 4.39. The highest BCUT2D eigenvalue weighted by Crippen LogP contribution is 2.44. The van der Waals surface area contributed by atoms with E-state index >= 15 is 0 Å². The lowest BCUT2D eigenvalue weighted by atomic mass is 9.77. The standard InChI is InChI=1S/C21H23N5O/c1-25(2)20-23-13-16-8-10-21(18(16)24-20)9-5-11-26(14-21)19(27)17-7-4-3-6-15(17)12-22/h3-4,6-7,13H,5,8-11,14H2,1-2H3. The first-order valence-electron chi connectivity index (χ1n) is 9.36. The van der Waals surface area contributed by atoms with Crippen molar-refractivity contribution in [1.29, 1.82) is 5.26 Å². The van der Waals surface area contributed by atoms with Crippen LogP contribution in [0.4, 0.5) is 5.95 Å². The van der Waals surface area contributed by atoms with Gasteiger partial charge >= 0.3 is 0 Å². The van der Waals surface area contributed by atoms with E-state index in [1.165, 1.54) is 5.56 Å². The second-order valence-corrected chi connectivity index (χ2v) is 7.71. The lowest BCUT2D eigenvalue weighted by Crippen LogP contribution is -2.48. The largest absolute Gasteiger partial charge is 0.347 e. The molecule has 2 aliphatic rings. The van der Waals surface area contributed by atoms with E-state index in [1.54, 1.807) is 18.2 Å². The number of carbonyl (C=O) groups is 1. The average molecular weight is 361 g/mol. The third-order valence-electron chi connectivity index (χ3n) is 5.77.